The molecular weight excluding hydrogens is 364 g/mol. The number of amides is 1. The molecule has 130 valence electrons. The Hall–Kier alpha value is -2.70. The number of aromatic nitrogens is 1. The summed E-state index contributed by atoms with van der Waals surface area (Å²) in [5, 5.41) is 7.60. The van der Waals surface area contributed by atoms with Gasteiger partial charge in [-0.05, 0) is 53.1 Å². The lowest BCUT2D eigenvalue weighted by Gasteiger charge is -2.04. The minimum absolute atomic E-state index is 0.0176. The smallest absolute Gasteiger partial charge is 0.226 e. The van der Waals surface area contributed by atoms with Crippen LogP contribution in [-0.4, -0.2) is 10.9 Å². The van der Waals surface area contributed by atoms with Crippen LogP contribution in [0.5, 0.6) is 11.5 Å². The van der Waals surface area contributed by atoms with Gasteiger partial charge in [0.15, 0.2) is 5.13 Å². The Labute approximate surface area is 159 Å². The predicted octanol–water partition coefficient (Wildman–Crippen LogP) is 5.72. The highest BCUT2D eigenvalue weighted by Crippen LogP contribution is 2.31. The molecule has 0 saturated carbocycles. The summed E-state index contributed by atoms with van der Waals surface area (Å²) in [7, 11) is 0. The molecule has 0 atom stereocenters. The van der Waals surface area contributed by atoms with Crippen LogP contribution in [0.25, 0.3) is 10.2 Å². The molecule has 0 unspecified atom stereocenters. The molecule has 0 bridgehead atoms. The van der Waals surface area contributed by atoms with E-state index < -0.39 is 0 Å². The van der Waals surface area contributed by atoms with E-state index in [0.29, 0.717) is 11.6 Å². The molecule has 0 aliphatic carbocycles. The van der Waals surface area contributed by atoms with Crippen LogP contribution in [0.1, 0.15) is 12.0 Å². The van der Waals surface area contributed by atoms with Crippen molar-refractivity contribution in [2.75, 3.05) is 5.32 Å². The number of hydrogen-bond donors (Lipinski definition) is 1. The lowest BCUT2D eigenvalue weighted by atomic mass is 10.2. The van der Waals surface area contributed by atoms with E-state index in [1.807, 2.05) is 60.0 Å². The van der Waals surface area contributed by atoms with Crippen LogP contribution in [0.4, 0.5) is 5.13 Å². The van der Waals surface area contributed by atoms with Crippen molar-refractivity contribution in [3.8, 4) is 11.5 Å². The molecule has 2 aromatic heterocycles. The summed E-state index contributed by atoms with van der Waals surface area (Å²) in [5.41, 5.74) is 2.04. The number of carbonyl (C=O) groups is 1. The fourth-order valence-corrected chi connectivity index (χ4v) is 4.13. The van der Waals surface area contributed by atoms with Gasteiger partial charge in [0, 0.05) is 12.5 Å². The first kappa shape index (κ1) is 16.8. The molecule has 1 amide bonds. The summed E-state index contributed by atoms with van der Waals surface area (Å²) in [6.07, 6.45) is 1.20. The first-order valence-corrected chi connectivity index (χ1v) is 9.97. The van der Waals surface area contributed by atoms with E-state index in [2.05, 4.69) is 15.7 Å². The highest BCUT2D eigenvalue weighted by molar-refractivity contribution is 7.22. The van der Waals surface area contributed by atoms with Crippen LogP contribution in [-0.2, 0) is 11.2 Å². The molecular formula is C20H16N2O2S2. The van der Waals surface area contributed by atoms with E-state index in [4.69, 9.17) is 4.74 Å². The second kappa shape index (κ2) is 7.68. The first-order valence-electron chi connectivity index (χ1n) is 8.21. The molecule has 0 aliphatic rings. The van der Waals surface area contributed by atoms with Crippen molar-refractivity contribution in [2.24, 2.45) is 0 Å². The molecule has 4 aromatic rings. The molecule has 26 heavy (non-hydrogen) atoms. The van der Waals surface area contributed by atoms with Crippen molar-refractivity contribution in [1.29, 1.82) is 0 Å². The number of aryl methyl sites for hydroxylation is 1. The molecule has 2 aromatic carbocycles. The van der Waals surface area contributed by atoms with Gasteiger partial charge in [0.25, 0.3) is 0 Å². The van der Waals surface area contributed by atoms with Crippen molar-refractivity contribution in [3.63, 3.8) is 0 Å². The quantitative estimate of drug-likeness (QED) is 0.465. The van der Waals surface area contributed by atoms with Gasteiger partial charge in [-0.1, -0.05) is 29.5 Å². The Kier molecular flexibility index (Phi) is 4.95. The summed E-state index contributed by atoms with van der Waals surface area (Å²) in [6, 6.07) is 17.4. The number of thiophene rings is 1. The fourth-order valence-electron chi connectivity index (χ4n) is 2.52. The number of hydrogen-bond acceptors (Lipinski definition) is 5. The van der Waals surface area contributed by atoms with Gasteiger partial charge in [-0.3, -0.25) is 4.79 Å². The second-order valence-corrected chi connectivity index (χ2v) is 7.55. The second-order valence-electron chi connectivity index (χ2n) is 5.74. The molecule has 0 saturated heterocycles. The van der Waals surface area contributed by atoms with E-state index >= 15 is 0 Å². The average Bonchev–Trinajstić information content (AvgIpc) is 3.29. The van der Waals surface area contributed by atoms with Crippen molar-refractivity contribution < 1.29 is 9.53 Å². The summed E-state index contributed by atoms with van der Waals surface area (Å²) in [5.74, 6) is 1.53. The normalized spacial score (nSPS) is 10.8. The SMILES string of the molecule is O=C(CCc1ccsc1)Nc1nc2ccc(Oc3ccccc3)cc2s1. The maximum absolute atomic E-state index is 12.1. The minimum atomic E-state index is -0.0176. The summed E-state index contributed by atoms with van der Waals surface area (Å²) in [4.78, 5) is 16.6. The summed E-state index contributed by atoms with van der Waals surface area (Å²) >= 11 is 3.10. The number of anilines is 1. The monoisotopic (exact) mass is 380 g/mol. The number of nitrogens with zero attached hydrogens (tertiary/aromatic N) is 1. The largest absolute Gasteiger partial charge is 0.457 e. The van der Waals surface area contributed by atoms with Gasteiger partial charge in [-0.15, -0.1) is 0 Å². The molecule has 0 radical (unpaired) electrons. The Bertz CT molecular complexity index is 1010. The zero-order valence-corrected chi connectivity index (χ0v) is 15.5. The standard InChI is InChI=1S/C20H16N2O2S2/c23-19(9-6-14-10-11-25-13-14)22-20-21-17-8-7-16(12-18(17)26-20)24-15-4-2-1-3-5-15/h1-5,7-8,10-13H,6,9H2,(H,21,22,23). The third-order valence-corrected chi connectivity index (χ3v) is 5.47. The lowest BCUT2D eigenvalue weighted by Crippen LogP contribution is -2.11. The molecule has 1 N–H and O–H groups in total. The Morgan fingerprint density at radius 2 is 1.96 bits per heavy atom. The fraction of sp³-hybridized carbons (Fsp3) is 0.100. The summed E-state index contributed by atoms with van der Waals surface area (Å²) < 4.78 is 6.83. The van der Waals surface area contributed by atoms with Crippen LogP contribution in [0, 0.1) is 0 Å². The van der Waals surface area contributed by atoms with Crippen LogP contribution >= 0.6 is 22.7 Å². The van der Waals surface area contributed by atoms with Crippen LogP contribution in [0.15, 0.2) is 65.4 Å². The summed E-state index contributed by atoms with van der Waals surface area (Å²) in [6.45, 7) is 0. The van der Waals surface area contributed by atoms with E-state index in [0.717, 1.165) is 28.1 Å². The van der Waals surface area contributed by atoms with Crippen molar-refractivity contribution in [2.45, 2.75) is 12.8 Å². The number of rotatable bonds is 6. The Balaban J connectivity index is 1.42. The van der Waals surface area contributed by atoms with Crippen molar-refractivity contribution in [1.82, 2.24) is 4.98 Å². The topological polar surface area (TPSA) is 51.2 Å². The van der Waals surface area contributed by atoms with Gasteiger partial charge < -0.3 is 10.1 Å². The zero-order chi connectivity index (χ0) is 17.8. The third kappa shape index (κ3) is 4.09. The maximum Gasteiger partial charge on any atom is 0.226 e. The number of carbonyl (C=O) groups excluding carboxylic acids is 1. The number of thiazole rings is 1. The number of para-hydroxylation sites is 1. The van der Waals surface area contributed by atoms with Gasteiger partial charge in [0.2, 0.25) is 5.91 Å². The highest BCUT2D eigenvalue weighted by Gasteiger charge is 2.09. The van der Waals surface area contributed by atoms with E-state index in [1.165, 1.54) is 16.9 Å². The van der Waals surface area contributed by atoms with Gasteiger partial charge >= 0.3 is 0 Å². The molecule has 4 nitrogen and oxygen atoms in total. The van der Waals surface area contributed by atoms with E-state index in [9.17, 15) is 4.79 Å². The third-order valence-electron chi connectivity index (χ3n) is 3.81. The maximum atomic E-state index is 12.1. The van der Waals surface area contributed by atoms with Gasteiger partial charge in [0.1, 0.15) is 11.5 Å². The molecule has 0 aliphatic heterocycles. The van der Waals surface area contributed by atoms with Crippen LogP contribution in [0.2, 0.25) is 0 Å². The first-order chi connectivity index (χ1) is 12.8. The Morgan fingerprint density at radius 1 is 1.08 bits per heavy atom. The molecule has 6 heteroatoms. The predicted molar refractivity (Wildman–Crippen MR) is 107 cm³/mol. The van der Waals surface area contributed by atoms with Crippen LogP contribution < -0.4 is 10.1 Å². The molecule has 0 fully saturated rings. The molecule has 4 rings (SSSR count). The number of ether oxygens (including phenoxy) is 1. The van der Waals surface area contributed by atoms with Crippen LogP contribution in [0.3, 0.4) is 0 Å². The van der Waals surface area contributed by atoms with E-state index in [-0.39, 0.29) is 5.91 Å². The van der Waals surface area contributed by atoms with E-state index in [1.54, 1.807) is 11.3 Å². The Morgan fingerprint density at radius 3 is 2.77 bits per heavy atom. The lowest BCUT2D eigenvalue weighted by molar-refractivity contribution is -0.116. The van der Waals surface area contributed by atoms with Gasteiger partial charge in [-0.25, -0.2) is 4.98 Å². The van der Waals surface area contributed by atoms with Crippen molar-refractivity contribution >= 4 is 43.9 Å². The molecule has 2 heterocycles. The minimum Gasteiger partial charge on any atom is -0.457 e. The van der Waals surface area contributed by atoms with Gasteiger partial charge in [0.05, 0.1) is 10.2 Å². The van der Waals surface area contributed by atoms with Crippen molar-refractivity contribution in [3.05, 3.63) is 70.9 Å². The number of benzene rings is 2. The van der Waals surface area contributed by atoms with Gasteiger partial charge in [-0.2, -0.15) is 11.3 Å². The highest BCUT2D eigenvalue weighted by atomic mass is 32.1. The molecule has 0 spiro atoms. The average molecular weight is 380 g/mol. The number of nitrogens with one attached hydrogen (secondary N) is 1. The zero-order valence-electron chi connectivity index (χ0n) is 13.8. The number of fused-ring (bicyclic) bond motifs is 1.